The van der Waals surface area contributed by atoms with Gasteiger partial charge in [0, 0.05) is 44.8 Å². The van der Waals surface area contributed by atoms with E-state index in [1.165, 1.54) is 12.8 Å². The van der Waals surface area contributed by atoms with Crippen LogP contribution in [0.5, 0.6) is 0 Å². The molecule has 0 bridgehead atoms. The molecule has 3 aliphatic rings. The van der Waals surface area contributed by atoms with E-state index in [1.54, 1.807) is 0 Å². The molecule has 0 radical (unpaired) electrons. The fourth-order valence-corrected chi connectivity index (χ4v) is 3.55. The molecule has 6 heteroatoms. The molecule has 1 aromatic heterocycles. The van der Waals surface area contributed by atoms with Gasteiger partial charge in [0.25, 0.3) is 5.91 Å². The fraction of sp³-hybridized carbons (Fsp3) is 0.765. The van der Waals surface area contributed by atoms with Gasteiger partial charge in [-0.2, -0.15) is 0 Å². The van der Waals surface area contributed by atoms with Crippen molar-refractivity contribution < 1.29 is 14.1 Å². The van der Waals surface area contributed by atoms with Crippen LogP contribution >= 0.6 is 0 Å². The van der Waals surface area contributed by atoms with Crippen LogP contribution < -0.4 is 0 Å². The molecule has 0 aromatic carbocycles. The SMILES string of the molecule is O=C(c1cc(C2CC2)on1)N1CCCN(CC2CCCO2)CC1. The molecule has 23 heavy (non-hydrogen) atoms. The predicted molar refractivity (Wildman–Crippen MR) is 84.4 cm³/mol. The summed E-state index contributed by atoms with van der Waals surface area (Å²) in [7, 11) is 0. The Bertz CT molecular complexity index is 549. The molecule has 2 saturated heterocycles. The minimum atomic E-state index is 0.0135. The van der Waals surface area contributed by atoms with Crippen LogP contribution in [0.1, 0.15) is 54.3 Å². The van der Waals surface area contributed by atoms with Crippen molar-refractivity contribution in [3.63, 3.8) is 0 Å². The highest BCUT2D eigenvalue weighted by Crippen LogP contribution is 2.40. The molecule has 6 nitrogen and oxygen atoms in total. The molecule has 3 fully saturated rings. The van der Waals surface area contributed by atoms with Gasteiger partial charge in [-0.25, -0.2) is 0 Å². The largest absolute Gasteiger partial charge is 0.377 e. The Morgan fingerprint density at radius 2 is 2.09 bits per heavy atom. The molecule has 4 rings (SSSR count). The van der Waals surface area contributed by atoms with E-state index in [0.717, 1.165) is 64.4 Å². The lowest BCUT2D eigenvalue weighted by Gasteiger charge is -2.23. The molecule has 0 N–H and O–H groups in total. The maximum atomic E-state index is 12.6. The molecular formula is C17H25N3O3. The number of nitrogens with zero attached hydrogens (tertiary/aromatic N) is 3. The first kappa shape index (κ1) is 15.1. The standard InChI is InChI=1S/C17H25N3O3/c21-17(15-11-16(23-18-15)13-4-5-13)20-7-2-6-19(8-9-20)12-14-3-1-10-22-14/h11,13-14H,1-10,12H2. The van der Waals surface area contributed by atoms with E-state index in [0.29, 0.717) is 17.7 Å². The fourth-order valence-electron chi connectivity index (χ4n) is 3.55. The molecule has 2 aliphatic heterocycles. The van der Waals surface area contributed by atoms with Crippen LogP contribution in [0.3, 0.4) is 0 Å². The smallest absolute Gasteiger partial charge is 0.276 e. The third-order valence-electron chi connectivity index (χ3n) is 5.09. The maximum Gasteiger partial charge on any atom is 0.276 e. The van der Waals surface area contributed by atoms with Gasteiger partial charge < -0.3 is 14.2 Å². The van der Waals surface area contributed by atoms with Crippen LogP contribution in [0.15, 0.2) is 10.6 Å². The molecule has 1 atom stereocenters. The van der Waals surface area contributed by atoms with Crippen LogP contribution in [0.25, 0.3) is 0 Å². The lowest BCUT2D eigenvalue weighted by atomic mass is 10.2. The molecule has 3 heterocycles. The Hall–Kier alpha value is -1.40. The number of ether oxygens (including phenoxy) is 1. The van der Waals surface area contributed by atoms with Crippen molar-refractivity contribution in [2.75, 3.05) is 39.3 Å². The first-order valence-corrected chi connectivity index (χ1v) is 8.89. The molecule has 1 saturated carbocycles. The summed E-state index contributed by atoms with van der Waals surface area (Å²) in [4.78, 5) is 17.0. The monoisotopic (exact) mass is 319 g/mol. The number of carbonyl (C=O) groups excluding carboxylic acids is 1. The van der Waals surface area contributed by atoms with Crippen molar-refractivity contribution in [1.29, 1.82) is 0 Å². The lowest BCUT2D eigenvalue weighted by molar-refractivity contribution is 0.0699. The number of carbonyl (C=O) groups is 1. The van der Waals surface area contributed by atoms with Gasteiger partial charge in [-0.3, -0.25) is 9.69 Å². The Morgan fingerprint density at radius 3 is 2.87 bits per heavy atom. The van der Waals surface area contributed by atoms with Gasteiger partial charge in [0.2, 0.25) is 0 Å². The van der Waals surface area contributed by atoms with E-state index in [4.69, 9.17) is 9.26 Å². The topological polar surface area (TPSA) is 58.8 Å². The third-order valence-corrected chi connectivity index (χ3v) is 5.09. The third kappa shape index (κ3) is 3.58. The summed E-state index contributed by atoms with van der Waals surface area (Å²) in [6.45, 7) is 5.41. The van der Waals surface area contributed by atoms with Crippen LogP contribution in [0.4, 0.5) is 0 Å². The van der Waals surface area contributed by atoms with Crippen molar-refractivity contribution in [3.05, 3.63) is 17.5 Å². The van der Waals surface area contributed by atoms with E-state index < -0.39 is 0 Å². The molecule has 0 spiro atoms. The lowest BCUT2D eigenvalue weighted by Crippen LogP contribution is -2.37. The van der Waals surface area contributed by atoms with Gasteiger partial charge in [0.05, 0.1) is 6.10 Å². The minimum absolute atomic E-state index is 0.0135. The van der Waals surface area contributed by atoms with E-state index in [-0.39, 0.29) is 5.91 Å². The minimum Gasteiger partial charge on any atom is -0.377 e. The highest BCUT2D eigenvalue weighted by molar-refractivity contribution is 5.92. The van der Waals surface area contributed by atoms with Crippen molar-refractivity contribution in [3.8, 4) is 0 Å². The summed E-state index contributed by atoms with van der Waals surface area (Å²) < 4.78 is 11.0. The van der Waals surface area contributed by atoms with Gasteiger partial charge in [-0.15, -0.1) is 0 Å². The summed E-state index contributed by atoms with van der Waals surface area (Å²) in [5, 5.41) is 3.99. The normalized spacial score (nSPS) is 26.4. The average molecular weight is 319 g/mol. The second kappa shape index (κ2) is 6.61. The zero-order valence-corrected chi connectivity index (χ0v) is 13.6. The molecular weight excluding hydrogens is 294 g/mol. The Balaban J connectivity index is 1.32. The summed E-state index contributed by atoms with van der Waals surface area (Å²) >= 11 is 0. The summed E-state index contributed by atoms with van der Waals surface area (Å²) in [6.07, 6.45) is 6.05. The number of hydrogen-bond acceptors (Lipinski definition) is 5. The summed E-state index contributed by atoms with van der Waals surface area (Å²) in [6, 6.07) is 1.84. The predicted octanol–water partition coefficient (Wildman–Crippen LogP) is 1.88. The van der Waals surface area contributed by atoms with Crippen LogP contribution in [-0.4, -0.2) is 66.3 Å². The highest BCUT2D eigenvalue weighted by Gasteiger charge is 2.30. The van der Waals surface area contributed by atoms with E-state index in [9.17, 15) is 4.79 Å². The average Bonchev–Trinajstić information content (AvgIpc) is 3.15. The summed E-state index contributed by atoms with van der Waals surface area (Å²) in [5.41, 5.74) is 0.472. The van der Waals surface area contributed by atoms with E-state index in [2.05, 4.69) is 10.1 Å². The Kier molecular flexibility index (Phi) is 4.35. The van der Waals surface area contributed by atoms with Gasteiger partial charge >= 0.3 is 0 Å². The number of hydrogen-bond donors (Lipinski definition) is 0. The van der Waals surface area contributed by atoms with Crippen LogP contribution in [-0.2, 0) is 4.74 Å². The number of amides is 1. The number of rotatable bonds is 4. The highest BCUT2D eigenvalue weighted by atomic mass is 16.5. The van der Waals surface area contributed by atoms with E-state index in [1.807, 2.05) is 11.0 Å². The van der Waals surface area contributed by atoms with Crippen molar-refractivity contribution >= 4 is 5.91 Å². The van der Waals surface area contributed by atoms with Gasteiger partial charge in [0.1, 0.15) is 5.76 Å². The first-order chi connectivity index (χ1) is 11.3. The quantitative estimate of drug-likeness (QED) is 0.848. The molecule has 1 aliphatic carbocycles. The van der Waals surface area contributed by atoms with Gasteiger partial charge in [-0.05, 0) is 38.6 Å². The van der Waals surface area contributed by atoms with Crippen LogP contribution in [0, 0.1) is 0 Å². The maximum absolute atomic E-state index is 12.6. The first-order valence-electron chi connectivity index (χ1n) is 8.89. The molecule has 1 amide bonds. The van der Waals surface area contributed by atoms with Crippen LogP contribution in [0.2, 0.25) is 0 Å². The molecule has 126 valence electrons. The zero-order valence-electron chi connectivity index (χ0n) is 13.6. The van der Waals surface area contributed by atoms with E-state index >= 15 is 0 Å². The van der Waals surface area contributed by atoms with Crippen molar-refractivity contribution in [1.82, 2.24) is 15.0 Å². The Labute approximate surface area is 136 Å². The summed E-state index contributed by atoms with van der Waals surface area (Å²) in [5.74, 6) is 1.39. The second-order valence-corrected chi connectivity index (χ2v) is 6.97. The number of aromatic nitrogens is 1. The van der Waals surface area contributed by atoms with Gasteiger partial charge in [0.15, 0.2) is 5.69 Å². The Morgan fingerprint density at radius 1 is 1.17 bits per heavy atom. The zero-order chi connectivity index (χ0) is 15.6. The van der Waals surface area contributed by atoms with Gasteiger partial charge in [-0.1, -0.05) is 5.16 Å². The van der Waals surface area contributed by atoms with Crippen molar-refractivity contribution in [2.45, 2.75) is 44.1 Å². The molecule has 1 unspecified atom stereocenters. The molecule has 1 aromatic rings. The second-order valence-electron chi connectivity index (χ2n) is 6.97. The van der Waals surface area contributed by atoms with Crippen molar-refractivity contribution in [2.24, 2.45) is 0 Å².